The molecular weight excluding hydrogens is 286 g/mol. The van der Waals surface area contributed by atoms with Crippen molar-refractivity contribution >= 4 is 17.7 Å². The number of hydrogen-bond donors (Lipinski definition) is 1. The highest BCUT2D eigenvalue weighted by molar-refractivity contribution is 6.07. The van der Waals surface area contributed by atoms with E-state index in [1.165, 1.54) is 18.0 Å². The minimum absolute atomic E-state index is 0.0196. The Morgan fingerprint density at radius 2 is 2.05 bits per heavy atom. The van der Waals surface area contributed by atoms with Crippen molar-refractivity contribution < 1.29 is 14.4 Å². The van der Waals surface area contributed by atoms with Crippen LogP contribution in [0.2, 0.25) is 0 Å². The standard InChI is InChI=1S/C15H19N3O4/c1-4-7-18(11-8-12(19)17(3)15(11)22)14(21)10-6-5-9(2)16-13(10)20/h5-6,11H,4,7-8H2,1-3H3,(H,16,20)/t11-/m0/s1. The van der Waals surface area contributed by atoms with Gasteiger partial charge in [-0.05, 0) is 25.5 Å². The number of rotatable bonds is 4. The minimum atomic E-state index is -0.828. The third-order valence-corrected chi connectivity index (χ3v) is 3.75. The summed E-state index contributed by atoms with van der Waals surface area (Å²) in [7, 11) is 1.40. The number of aromatic amines is 1. The first kappa shape index (κ1) is 15.9. The third kappa shape index (κ3) is 2.79. The molecule has 22 heavy (non-hydrogen) atoms. The Labute approximate surface area is 127 Å². The molecule has 7 nitrogen and oxygen atoms in total. The van der Waals surface area contributed by atoms with Crippen molar-refractivity contribution in [3.8, 4) is 0 Å². The zero-order valence-corrected chi connectivity index (χ0v) is 12.9. The lowest BCUT2D eigenvalue weighted by Crippen LogP contribution is -2.46. The lowest BCUT2D eigenvalue weighted by molar-refractivity contribution is -0.137. The van der Waals surface area contributed by atoms with Gasteiger partial charge >= 0.3 is 0 Å². The van der Waals surface area contributed by atoms with Gasteiger partial charge in [-0.25, -0.2) is 0 Å². The van der Waals surface area contributed by atoms with Crippen LogP contribution in [0, 0.1) is 6.92 Å². The van der Waals surface area contributed by atoms with Crippen molar-refractivity contribution in [2.75, 3.05) is 13.6 Å². The molecule has 0 aromatic carbocycles. The Morgan fingerprint density at radius 1 is 1.36 bits per heavy atom. The van der Waals surface area contributed by atoms with Crippen LogP contribution in [0.1, 0.15) is 35.8 Å². The number of H-pyrrole nitrogens is 1. The van der Waals surface area contributed by atoms with Gasteiger partial charge in [0, 0.05) is 19.3 Å². The van der Waals surface area contributed by atoms with E-state index in [9.17, 15) is 19.2 Å². The van der Waals surface area contributed by atoms with E-state index in [2.05, 4.69) is 4.98 Å². The molecule has 0 radical (unpaired) electrons. The van der Waals surface area contributed by atoms with Crippen molar-refractivity contribution in [3.05, 3.63) is 33.7 Å². The molecule has 118 valence electrons. The van der Waals surface area contributed by atoms with E-state index in [0.717, 1.165) is 4.90 Å². The first-order valence-electron chi connectivity index (χ1n) is 7.18. The maximum Gasteiger partial charge on any atom is 0.260 e. The molecule has 1 fully saturated rings. The zero-order chi connectivity index (χ0) is 16.4. The van der Waals surface area contributed by atoms with E-state index >= 15 is 0 Å². The Bertz CT molecular complexity index is 680. The van der Waals surface area contributed by atoms with Crippen LogP contribution in [0.15, 0.2) is 16.9 Å². The zero-order valence-electron chi connectivity index (χ0n) is 12.9. The highest BCUT2D eigenvalue weighted by atomic mass is 16.2. The van der Waals surface area contributed by atoms with Crippen LogP contribution in [-0.2, 0) is 9.59 Å². The fourth-order valence-electron chi connectivity index (χ4n) is 2.51. The Balaban J connectivity index is 2.36. The Kier molecular flexibility index (Phi) is 4.44. The number of nitrogens with zero attached hydrogens (tertiary/aromatic N) is 2. The van der Waals surface area contributed by atoms with E-state index in [1.54, 1.807) is 13.0 Å². The van der Waals surface area contributed by atoms with E-state index in [-0.39, 0.29) is 17.9 Å². The van der Waals surface area contributed by atoms with Crippen LogP contribution in [0.3, 0.4) is 0 Å². The van der Waals surface area contributed by atoms with E-state index in [1.807, 2.05) is 6.92 Å². The number of amides is 3. The number of likely N-dealkylation sites (N-methyl/N-ethyl adjacent to an activating group) is 1. The van der Waals surface area contributed by atoms with Crippen molar-refractivity contribution in [1.29, 1.82) is 0 Å². The van der Waals surface area contributed by atoms with Crippen LogP contribution in [-0.4, -0.2) is 52.1 Å². The largest absolute Gasteiger partial charge is 0.326 e. The molecule has 0 saturated carbocycles. The second-order valence-corrected chi connectivity index (χ2v) is 5.39. The average molecular weight is 305 g/mol. The molecule has 0 unspecified atom stereocenters. The summed E-state index contributed by atoms with van der Waals surface area (Å²) in [4.78, 5) is 53.3. The molecule has 3 amide bonds. The lowest BCUT2D eigenvalue weighted by Gasteiger charge is -2.26. The molecule has 1 saturated heterocycles. The fourth-order valence-corrected chi connectivity index (χ4v) is 2.51. The highest BCUT2D eigenvalue weighted by Gasteiger charge is 2.41. The molecule has 7 heteroatoms. The normalized spacial score (nSPS) is 18.0. The summed E-state index contributed by atoms with van der Waals surface area (Å²) in [6.07, 6.45) is 0.585. The van der Waals surface area contributed by atoms with Gasteiger partial charge in [0.1, 0.15) is 11.6 Å². The van der Waals surface area contributed by atoms with Crippen LogP contribution in [0.25, 0.3) is 0 Å². The summed E-state index contributed by atoms with van der Waals surface area (Å²) in [5, 5.41) is 0. The first-order valence-corrected chi connectivity index (χ1v) is 7.18. The minimum Gasteiger partial charge on any atom is -0.326 e. The molecule has 1 aliphatic rings. The van der Waals surface area contributed by atoms with Gasteiger partial charge in [-0.3, -0.25) is 24.1 Å². The van der Waals surface area contributed by atoms with Gasteiger partial charge in [0.2, 0.25) is 5.91 Å². The molecule has 0 bridgehead atoms. The summed E-state index contributed by atoms with van der Waals surface area (Å²) in [5.74, 6) is -1.25. The van der Waals surface area contributed by atoms with Crippen LogP contribution in [0.5, 0.6) is 0 Å². The maximum atomic E-state index is 12.6. The smallest absolute Gasteiger partial charge is 0.260 e. The third-order valence-electron chi connectivity index (χ3n) is 3.75. The molecule has 1 aromatic rings. The Morgan fingerprint density at radius 3 is 2.55 bits per heavy atom. The predicted molar refractivity (Wildman–Crippen MR) is 79.3 cm³/mol. The van der Waals surface area contributed by atoms with E-state index < -0.39 is 23.4 Å². The van der Waals surface area contributed by atoms with Gasteiger partial charge in [-0.15, -0.1) is 0 Å². The number of pyridine rings is 1. The second-order valence-electron chi connectivity index (χ2n) is 5.39. The lowest BCUT2D eigenvalue weighted by atomic mass is 10.1. The molecule has 1 atom stereocenters. The quantitative estimate of drug-likeness (QED) is 0.810. The Hall–Kier alpha value is -2.44. The van der Waals surface area contributed by atoms with Crippen molar-refractivity contribution in [2.45, 2.75) is 32.7 Å². The predicted octanol–water partition coefficient (Wildman–Crippen LogP) is 0.293. The molecule has 2 rings (SSSR count). The monoisotopic (exact) mass is 305 g/mol. The number of aryl methyl sites for hydroxylation is 1. The van der Waals surface area contributed by atoms with Gasteiger partial charge in [0.05, 0.1) is 6.42 Å². The van der Waals surface area contributed by atoms with Crippen LogP contribution in [0.4, 0.5) is 0 Å². The molecule has 1 aromatic heterocycles. The number of imide groups is 1. The second kappa shape index (κ2) is 6.13. The van der Waals surface area contributed by atoms with E-state index in [4.69, 9.17) is 0 Å². The van der Waals surface area contributed by atoms with Gasteiger partial charge < -0.3 is 9.88 Å². The molecule has 2 heterocycles. The number of hydrogen-bond acceptors (Lipinski definition) is 4. The summed E-state index contributed by atoms with van der Waals surface area (Å²) in [6.45, 7) is 3.89. The number of nitrogens with one attached hydrogen (secondary N) is 1. The average Bonchev–Trinajstić information content (AvgIpc) is 2.72. The SMILES string of the molecule is CCCN(C(=O)c1ccc(C)[nH]c1=O)[C@H]1CC(=O)N(C)C1=O. The first-order chi connectivity index (χ1) is 10.4. The van der Waals surface area contributed by atoms with Crippen molar-refractivity contribution in [1.82, 2.24) is 14.8 Å². The molecule has 0 spiro atoms. The molecule has 1 N–H and O–H groups in total. The van der Waals surface area contributed by atoms with Crippen LogP contribution >= 0.6 is 0 Å². The summed E-state index contributed by atoms with van der Waals surface area (Å²) < 4.78 is 0. The summed E-state index contributed by atoms with van der Waals surface area (Å²) >= 11 is 0. The van der Waals surface area contributed by atoms with Gasteiger partial charge in [0.15, 0.2) is 0 Å². The van der Waals surface area contributed by atoms with Crippen LogP contribution < -0.4 is 5.56 Å². The van der Waals surface area contributed by atoms with Crippen molar-refractivity contribution in [3.63, 3.8) is 0 Å². The number of carbonyl (C=O) groups is 3. The highest BCUT2D eigenvalue weighted by Crippen LogP contribution is 2.19. The fraction of sp³-hybridized carbons (Fsp3) is 0.467. The summed E-state index contributed by atoms with van der Waals surface area (Å²) in [5.41, 5.74) is 0.139. The summed E-state index contributed by atoms with van der Waals surface area (Å²) in [6, 6.07) is 2.25. The topological polar surface area (TPSA) is 90.6 Å². The van der Waals surface area contributed by atoms with E-state index in [0.29, 0.717) is 18.7 Å². The number of likely N-dealkylation sites (tertiary alicyclic amines) is 1. The number of aromatic nitrogens is 1. The number of carbonyl (C=O) groups excluding carboxylic acids is 3. The molecule has 1 aliphatic heterocycles. The van der Waals surface area contributed by atoms with Crippen molar-refractivity contribution in [2.24, 2.45) is 0 Å². The maximum absolute atomic E-state index is 12.6. The van der Waals surface area contributed by atoms with Gasteiger partial charge in [-0.1, -0.05) is 6.92 Å². The molecule has 0 aliphatic carbocycles. The van der Waals surface area contributed by atoms with Gasteiger partial charge in [-0.2, -0.15) is 0 Å². The molecular formula is C15H19N3O4. The van der Waals surface area contributed by atoms with Gasteiger partial charge in [0.25, 0.3) is 17.4 Å².